The molecule has 2 rings (SSSR count). The number of nitro benzene ring substituents is 1. The van der Waals surface area contributed by atoms with Crippen LogP contribution in [0.4, 0.5) is 11.4 Å². The lowest BCUT2D eigenvalue weighted by molar-refractivity contribution is -0.384. The standard InChI is InChI=1S/C13H15Cl2N3O3/c1-2-12(19)17-4-3-8(7-17)16-13-10(14)5-9(18(20)21)6-11(13)15/h5-6,8,16H,2-4,7H2,1H3. The minimum absolute atomic E-state index is 0.0388. The Morgan fingerprint density at radius 2 is 2.10 bits per heavy atom. The van der Waals surface area contributed by atoms with E-state index in [4.69, 9.17) is 23.2 Å². The number of nitro groups is 1. The maximum atomic E-state index is 11.6. The van der Waals surface area contributed by atoms with Crippen molar-refractivity contribution in [2.45, 2.75) is 25.8 Å². The maximum Gasteiger partial charge on any atom is 0.272 e. The topological polar surface area (TPSA) is 75.5 Å². The molecule has 1 aliphatic heterocycles. The van der Waals surface area contributed by atoms with E-state index >= 15 is 0 Å². The summed E-state index contributed by atoms with van der Waals surface area (Å²) in [6.45, 7) is 3.09. The van der Waals surface area contributed by atoms with Gasteiger partial charge in [-0.15, -0.1) is 0 Å². The average Bonchev–Trinajstić information content (AvgIpc) is 2.90. The quantitative estimate of drug-likeness (QED) is 0.678. The average molecular weight is 332 g/mol. The molecule has 1 aromatic carbocycles. The Morgan fingerprint density at radius 1 is 1.48 bits per heavy atom. The van der Waals surface area contributed by atoms with Gasteiger partial charge in [0.25, 0.3) is 5.69 Å². The van der Waals surface area contributed by atoms with Gasteiger partial charge >= 0.3 is 0 Å². The van der Waals surface area contributed by atoms with Gasteiger partial charge in [0.15, 0.2) is 0 Å². The molecule has 0 saturated carbocycles. The molecule has 0 aliphatic carbocycles. The van der Waals surface area contributed by atoms with Crippen molar-refractivity contribution in [3.8, 4) is 0 Å². The maximum absolute atomic E-state index is 11.6. The molecule has 1 saturated heterocycles. The third kappa shape index (κ3) is 3.57. The Bertz CT molecular complexity index is 557. The van der Waals surface area contributed by atoms with Gasteiger partial charge in [-0.25, -0.2) is 0 Å². The van der Waals surface area contributed by atoms with Crippen molar-refractivity contribution in [2.75, 3.05) is 18.4 Å². The first kappa shape index (κ1) is 15.9. The Hall–Kier alpha value is -1.53. The second kappa shape index (κ2) is 6.49. The highest BCUT2D eigenvalue weighted by atomic mass is 35.5. The first-order valence-corrected chi connectivity index (χ1v) is 7.35. The van der Waals surface area contributed by atoms with Crippen LogP contribution in [0.5, 0.6) is 0 Å². The molecule has 1 unspecified atom stereocenters. The number of halogens is 2. The second-order valence-corrected chi connectivity index (χ2v) is 5.68. The molecule has 8 heteroatoms. The number of non-ortho nitro benzene ring substituents is 1. The van der Waals surface area contributed by atoms with E-state index in [1.165, 1.54) is 12.1 Å². The van der Waals surface area contributed by atoms with E-state index in [1.807, 2.05) is 6.92 Å². The van der Waals surface area contributed by atoms with Crippen LogP contribution in [0, 0.1) is 10.1 Å². The normalized spacial score (nSPS) is 17.9. The molecule has 6 nitrogen and oxygen atoms in total. The molecule has 0 bridgehead atoms. The van der Waals surface area contributed by atoms with Crippen molar-refractivity contribution in [3.05, 3.63) is 32.3 Å². The molecule has 1 fully saturated rings. The summed E-state index contributed by atoms with van der Waals surface area (Å²) in [5, 5.41) is 14.3. The Morgan fingerprint density at radius 3 is 2.62 bits per heavy atom. The number of amides is 1. The molecule has 114 valence electrons. The zero-order valence-corrected chi connectivity index (χ0v) is 12.9. The molecule has 0 aromatic heterocycles. The van der Waals surface area contributed by atoms with Gasteiger partial charge < -0.3 is 10.2 Å². The van der Waals surface area contributed by atoms with E-state index in [1.54, 1.807) is 4.90 Å². The molecule has 0 radical (unpaired) electrons. The number of likely N-dealkylation sites (tertiary alicyclic amines) is 1. The van der Waals surface area contributed by atoms with Crippen LogP contribution < -0.4 is 5.32 Å². The zero-order valence-electron chi connectivity index (χ0n) is 11.4. The Balaban J connectivity index is 2.11. The molecule has 21 heavy (non-hydrogen) atoms. The molecule has 1 amide bonds. The van der Waals surface area contributed by atoms with Gasteiger partial charge in [0.05, 0.1) is 20.7 Å². The lowest BCUT2D eigenvalue weighted by Crippen LogP contribution is -2.31. The zero-order chi connectivity index (χ0) is 15.6. The number of hydrogen-bond donors (Lipinski definition) is 1. The number of carbonyl (C=O) groups excluding carboxylic acids is 1. The lowest BCUT2D eigenvalue weighted by Gasteiger charge is -2.18. The van der Waals surface area contributed by atoms with Crippen molar-refractivity contribution in [1.82, 2.24) is 4.90 Å². The van der Waals surface area contributed by atoms with E-state index in [-0.39, 0.29) is 27.7 Å². The molecular formula is C13H15Cl2N3O3. The third-order valence-electron chi connectivity index (χ3n) is 3.43. The molecule has 1 atom stereocenters. The minimum Gasteiger partial charge on any atom is -0.378 e. The van der Waals surface area contributed by atoms with E-state index in [0.29, 0.717) is 25.2 Å². The third-order valence-corrected chi connectivity index (χ3v) is 4.03. The van der Waals surface area contributed by atoms with Crippen LogP contribution in [-0.2, 0) is 4.79 Å². The minimum atomic E-state index is -0.543. The monoisotopic (exact) mass is 331 g/mol. The lowest BCUT2D eigenvalue weighted by atomic mass is 10.2. The van der Waals surface area contributed by atoms with E-state index in [2.05, 4.69) is 5.32 Å². The van der Waals surface area contributed by atoms with Gasteiger partial charge in [-0.3, -0.25) is 14.9 Å². The number of nitrogens with one attached hydrogen (secondary N) is 1. The summed E-state index contributed by atoms with van der Waals surface area (Å²) in [7, 11) is 0. The van der Waals surface area contributed by atoms with Crippen molar-refractivity contribution in [3.63, 3.8) is 0 Å². The van der Waals surface area contributed by atoms with Gasteiger partial charge in [-0.1, -0.05) is 30.1 Å². The number of benzene rings is 1. The molecule has 1 heterocycles. The molecule has 0 spiro atoms. The van der Waals surface area contributed by atoms with Crippen LogP contribution in [-0.4, -0.2) is 34.9 Å². The predicted molar refractivity (Wildman–Crippen MR) is 82.0 cm³/mol. The SMILES string of the molecule is CCC(=O)N1CCC(Nc2c(Cl)cc([N+](=O)[O-])cc2Cl)C1. The Labute approximate surface area is 132 Å². The van der Waals surface area contributed by atoms with Crippen LogP contribution in [0.25, 0.3) is 0 Å². The van der Waals surface area contributed by atoms with E-state index in [9.17, 15) is 14.9 Å². The number of rotatable bonds is 4. The largest absolute Gasteiger partial charge is 0.378 e. The fourth-order valence-corrected chi connectivity index (χ4v) is 2.92. The van der Waals surface area contributed by atoms with Gasteiger partial charge in [0.1, 0.15) is 0 Å². The van der Waals surface area contributed by atoms with Gasteiger partial charge in [0.2, 0.25) is 5.91 Å². The number of hydrogen-bond acceptors (Lipinski definition) is 4. The predicted octanol–water partition coefficient (Wildman–Crippen LogP) is 3.32. The fraction of sp³-hybridized carbons (Fsp3) is 0.462. The van der Waals surface area contributed by atoms with E-state index < -0.39 is 4.92 Å². The number of nitrogens with zero attached hydrogens (tertiary/aromatic N) is 2. The summed E-state index contributed by atoms with van der Waals surface area (Å²) in [4.78, 5) is 23.6. The summed E-state index contributed by atoms with van der Waals surface area (Å²) in [6.07, 6.45) is 1.27. The van der Waals surface area contributed by atoms with Crippen molar-refractivity contribution >= 4 is 40.5 Å². The van der Waals surface area contributed by atoms with Crippen molar-refractivity contribution < 1.29 is 9.72 Å². The fourth-order valence-electron chi connectivity index (χ4n) is 2.34. The molecular weight excluding hydrogens is 317 g/mol. The smallest absolute Gasteiger partial charge is 0.272 e. The number of anilines is 1. The number of carbonyl (C=O) groups is 1. The summed E-state index contributed by atoms with van der Waals surface area (Å²) >= 11 is 12.1. The molecule has 1 N–H and O–H groups in total. The molecule has 1 aromatic rings. The van der Waals surface area contributed by atoms with Gasteiger partial charge in [0, 0.05) is 37.7 Å². The Kier molecular flexibility index (Phi) is 4.90. The summed E-state index contributed by atoms with van der Waals surface area (Å²) in [5.41, 5.74) is 0.324. The van der Waals surface area contributed by atoms with Crippen LogP contribution in [0.3, 0.4) is 0 Å². The highest BCUT2D eigenvalue weighted by Gasteiger charge is 2.26. The van der Waals surface area contributed by atoms with Crippen molar-refractivity contribution in [1.29, 1.82) is 0 Å². The summed E-state index contributed by atoms with van der Waals surface area (Å²) in [5.74, 6) is 0.111. The molecule has 1 aliphatic rings. The van der Waals surface area contributed by atoms with Crippen LogP contribution in [0.1, 0.15) is 19.8 Å². The van der Waals surface area contributed by atoms with Crippen LogP contribution in [0.2, 0.25) is 10.0 Å². The highest BCUT2D eigenvalue weighted by molar-refractivity contribution is 6.39. The highest BCUT2D eigenvalue weighted by Crippen LogP contribution is 2.35. The van der Waals surface area contributed by atoms with E-state index in [0.717, 1.165) is 6.42 Å². The summed E-state index contributed by atoms with van der Waals surface area (Å²) < 4.78 is 0. The second-order valence-electron chi connectivity index (χ2n) is 4.86. The summed E-state index contributed by atoms with van der Waals surface area (Å²) in [6, 6.07) is 2.57. The van der Waals surface area contributed by atoms with Crippen LogP contribution >= 0.6 is 23.2 Å². The van der Waals surface area contributed by atoms with Gasteiger partial charge in [-0.05, 0) is 6.42 Å². The first-order valence-electron chi connectivity index (χ1n) is 6.60. The van der Waals surface area contributed by atoms with Crippen LogP contribution in [0.15, 0.2) is 12.1 Å². The first-order chi connectivity index (χ1) is 9.92. The van der Waals surface area contributed by atoms with Crippen molar-refractivity contribution in [2.24, 2.45) is 0 Å². The van der Waals surface area contributed by atoms with Gasteiger partial charge in [-0.2, -0.15) is 0 Å².